The van der Waals surface area contributed by atoms with Crippen LogP contribution in [-0.4, -0.2) is 49.3 Å². The van der Waals surface area contributed by atoms with Gasteiger partial charge >= 0.3 is 0 Å². The lowest BCUT2D eigenvalue weighted by Gasteiger charge is -2.35. The lowest BCUT2D eigenvalue weighted by molar-refractivity contribution is -0.135. The first-order valence-electron chi connectivity index (χ1n) is 12.2. The molecule has 2 aromatic heterocycles. The van der Waals surface area contributed by atoms with Gasteiger partial charge in [0.1, 0.15) is 0 Å². The van der Waals surface area contributed by atoms with Crippen molar-refractivity contribution in [2.24, 2.45) is 5.92 Å². The van der Waals surface area contributed by atoms with Gasteiger partial charge in [0.15, 0.2) is 5.65 Å². The average molecular weight is 440 g/mol. The van der Waals surface area contributed by atoms with Crippen molar-refractivity contribution in [1.29, 1.82) is 0 Å². The molecule has 1 N–H and O–H groups in total. The molecule has 0 spiro atoms. The lowest BCUT2D eigenvalue weighted by atomic mass is 9.97. The zero-order valence-electron chi connectivity index (χ0n) is 18.9. The minimum Gasteiger partial charge on any atom is -0.338 e. The Morgan fingerprint density at radius 2 is 1.91 bits per heavy atom. The van der Waals surface area contributed by atoms with E-state index in [2.05, 4.69) is 5.10 Å². The fraction of sp³-hybridized carbons (Fsp3) is 0.667. The SMILES string of the molecule is CC(=O)N1CCc2nc3cc([C@@H]4CCCCN4C(=O)CCC4CCCC4)[nH]n3c(=O)c2C1. The smallest absolute Gasteiger partial charge is 0.277 e. The summed E-state index contributed by atoms with van der Waals surface area (Å²) in [5.74, 6) is 0.914. The van der Waals surface area contributed by atoms with Crippen LogP contribution >= 0.6 is 0 Å². The molecule has 1 saturated carbocycles. The van der Waals surface area contributed by atoms with Crippen LogP contribution in [-0.2, 0) is 22.6 Å². The Morgan fingerprint density at radius 3 is 2.69 bits per heavy atom. The maximum atomic E-state index is 13.2. The van der Waals surface area contributed by atoms with E-state index in [1.807, 2.05) is 11.0 Å². The predicted molar refractivity (Wildman–Crippen MR) is 120 cm³/mol. The van der Waals surface area contributed by atoms with Gasteiger partial charge in [0.25, 0.3) is 5.56 Å². The van der Waals surface area contributed by atoms with E-state index in [1.54, 1.807) is 4.90 Å². The molecule has 2 aromatic rings. The zero-order valence-corrected chi connectivity index (χ0v) is 18.9. The van der Waals surface area contributed by atoms with Crippen LogP contribution in [0.1, 0.15) is 87.7 Å². The molecule has 0 aromatic carbocycles. The molecular weight excluding hydrogens is 406 g/mol. The van der Waals surface area contributed by atoms with Crippen LogP contribution in [0.2, 0.25) is 0 Å². The second kappa shape index (κ2) is 8.71. The van der Waals surface area contributed by atoms with Crippen LogP contribution in [0.5, 0.6) is 0 Å². The number of nitrogens with one attached hydrogen (secondary N) is 1. The van der Waals surface area contributed by atoms with Gasteiger partial charge in [0.2, 0.25) is 11.8 Å². The molecule has 1 saturated heterocycles. The Labute approximate surface area is 188 Å². The van der Waals surface area contributed by atoms with Crippen molar-refractivity contribution in [2.45, 2.75) is 83.7 Å². The van der Waals surface area contributed by atoms with Crippen molar-refractivity contribution in [3.63, 3.8) is 0 Å². The maximum Gasteiger partial charge on any atom is 0.277 e. The number of aromatic amines is 1. The highest BCUT2D eigenvalue weighted by Crippen LogP contribution is 2.33. The van der Waals surface area contributed by atoms with Crippen LogP contribution in [0.3, 0.4) is 0 Å². The number of amides is 2. The molecule has 172 valence electrons. The van der Waals surface area contributed by atoms with Crippen LogP contribution in [0.25, 0.3) is 5.65 Å². The van der Waals surface area contributed by atoms with Crippen molar-refractivity contribution in [1.82, 2.24) is 24.4 Å². The van der Waals surface area contributed by atoms with E-state index in [4.69, 9.17) is 4.98 Å². The Bertz CT molecular complexity index is 1080. The fourth-order valence-electron chi connectivity index (χ4n) is 5.76. The molecule has 4 heterocycles. The first kappa shape index (κ1) is 21.2. The minimum atomic E-state index is -0.142. The average Bonchev–Trinajstić information content (AvgIpc) is 3.47. The number of nitrogens with zero attached hydrogens (tertiary/aromatic N) is 4. The highest BCUT2D eigenvalue weighted by molar-refractivity contribution is 5.77. The van der Waals surface area contributed by atoms with Gasteiger partial charge in [0, 0.05) is 38.9 Å². The summed E-state index contributed by atoms with van der Waals surface area (Å²) in [6.07, 6.45) is 10.3. The van der Waals surface area contributed by atoms with Crippen LogP contribution in [0.15, 0.2) is 10.9 Å². The predicted octanol–water partition coefficient (Wildman–Crippen LogP) is 2.95. The van der Waals surface area contributed by atoms with Gasteiger partial charge in [-0.05, 0) is 31.6 Å². The largest absolute Gasteiger partial charge is 0.338 e. The van der Waals surface area contributed by atoms with E-state index < -0.39 is 0 Å². The van der Waals surface area contributed by atoms with E-state index in [1.165, 1.54) is 37.1 Å². The van der Waals surface area contributed by atoms with Crippen molar-refractivity contribution < 1.29 is 9.59 Å². The topological polar surface area (TPSA) is 90.8 Å². The summed E-state index contributed by atoms with van der Waals surface area (Å²) in [5, 5.41) is 3.25. The second-order valence-corrected chi connectivity index (χ2v) is 9.73. The van der Waals surface area contributed by atoms with Gasteiger partial charge in [-0.15, -0.1) is 0 Å². The molecule has 1 aliphatic carbocycles. The quantitative estimate of drug-likeness (QED) is 0.793. The number of H-pyrrole nitrogens is 1. The normalized spacial score (nSPS) is 21.8. The third-order valence-corrected chi connectivity index (χ3v) is 7.65. The molecule has 3 aliphatic rings. The fourth-order valence-corrected chi connectivity index (χ4v) is 5.76. The molecule has 0 unspecified atom stereocenters. The summed E-state index contributed by atoms with van der Waals surface area (Å²) in [6.45, 7) is 3.20. The molecule has 32 heavy (non-hydrogen) atoms. The van der Waals surface area contributed by atoms with E-state index >= 15 is 0 Å². The van der Waals surface area contributed by atoms with Gasteiger partial charge < -0.3 is 9.80 Å². The van der Waals surface area contributed by atoms with Crippen LogP contribution in [0.4, 0.5) is 0 Å². The summed E-state index contributed by atoms with van der Waals surface area (Å²) in [4.78, 5) is 46.5. The monoisotopic (exact) mass is 439 g/mol. The first-order valence-corrected chi connectivity index (χ1v) is 12.2. The van der Waals surface area contributed by atoms with Gasteiger partial charge in [-0.2, -0.15) is 0 Å². The highest BCUT2D eigenvalue weighted by Gasteiger charge is 2.31. The van der Waals surface area contributed by atoms with Crippen molar-refractivity contribution in [3.05, 3.63) is 33.4 Å². The third-order valence-electron chi connectivity index (χ3n) is 7.65. The summed E-state index contributed by atoms with van der Waals surface area (Å²) in [6, 6.07) is 1.90. The molecule has 1 atom stereocenters. The maximum absolute atomic E-state index is 13.2. The zero-order chi connectivity index (χ0) is 22.2. The van der Waals surface area contributed by atoms with E-state index in [-0.39, 0.29) is 23.4 Å². The Balaban J connectivity index is 1.40. The van der Waals surface area contributed by atoms with E-state index in [0.29, 0.717) is 43.1 Å². The Morgan fingerprint density at radius 1 is 1.12 bits per heavy atom. The Hall–Kier alpha value is -2.64. The van der Waals surface area contributed by atoms with Gasteiger partial charge in [-0.25, -0.2) is 9.50 Å². The minimum absolute atomic E-state index is 0.0266. The molecule has 2 fully saturated rings. The number of fused-ring (bicyclic) bond motifs is 2. The number of likely N-dealkylation sites (tertiary alicyclic amines) is 1. The number of carbonyl (C=O) groups is 2. The number of rotatable bonds is 4. The third kappa shape index (κ3) is 3.95. The molecular formula is C24H33N5O3. The van der Waals surface area contributed by atoms with Crippen molar-refractivity contribution in [2.75, 3.05) is 13.1 Å². The number of carbonyl (C=O) groups excluding carboxylic acids is 2. The first-order chi connectivity index (χ1) is 15.5. The Kier molecular flexibility index (Phi) is 5.78. The van der Waals surface area contributed by atoms with Gasteiger partial charge in [0.05, 0.1) is 29.5 Å². The second-order valence-electron chi connectivity index (χ2n) is 9.73. The van der Waals surface area contributed by atoms with E-state index in [9.17, 15) is 14.4 Å². The van der Waals surface area contributed by atoms with Crippen LogP contribution in [0, 0.1) is 5.92 Å². The van der Waals surface area contributed by atoms with Crippen molar-refractivity contribution in [3.8, 4) is 0 Å². The molecule has 0 bridgehead atoms. The number of hydrogen-bond donors (Lipinski definition) is 1. The molecule has 2 aliphatic heterocycles. The highest BCUT2D eigenvalue weighted by atomic mass is 16.2. The summed E-state index contributed by atoms with van der Waals surface area (Å²) in [7, 11) is 0. The molecule has 0 radical (unpaired) electrons. The summed E-state index contributed by atoms with van der Waals surface area (Å²) in [5.41, 5.74) is 2.71. The van der Waals surface area contributed by atoms with Gasteiger partial charge in [-0.3, -0.25) is 19.5 Å². The summed E-state index contributed by atoms with van der Waals surface area (Å²) >= 11 is 0. The van der Waals surface area contributed by atoms with Crippen LogP contribution < -0.4 is 5.56 Å². The van der Waals surface area contributed by atoms with E-state index in [0.717, 1.165) is 43.6 Å². The van der Waals surface area contributed by atoms with Gasteiger partial charge in [-0.1, -0.05) is 25.7 Å². The lowest BCUT2D eigenvalue weighted by Crippen LogP contribution is -2.39. The standard InChI is InChI=1S/C24H33N5O3/c1-16(30)27-13-11-19-18(15-27)24(32)29-22(25-19)14-20(26-29)21-8-4-5-12-28(21)23(31)10-9-17-6-2-3-7-17/h14,17,21,26H,2-13,15H2,1H3/t21-/m0/s1. The molecule has 8 nitrogen and oxygen atoms in total. The summed E-state index contributed by atoms with van der Waals surface area (Å²) < 4.78 is 1.49. The number of hydrogen-bond acceptors (Lipinski definition) is 4. The number of piperidine rings is 1. The molecule has 2 amide bonds. The molecule has 5 rings (SSSR count). The van der Waals surface area contributed by atoms with Crippen molar-refractivity contribution >= 4 is 17.5 Å². The molecule has 8 heteroatoms. The number of aromatic nitrogens is 3.